The van der Waals surface area contributed by atoms with Gasteiger partial charge >= 0.3 is 0 Å². The highest BCUT2D eigenvalue weighted by Gasteiger charge is 2.13. The predicted octanol–water partition coefficient (Wildman–Crippen LogP) is 1.71. The van der Waals surface area contributed by atoms with Crippen molar-refractivity contribution in [3.8, 4) is 0 Å². The van der Waals surface area contributed by atoms with Gasteiger partial charge in [-0.3, -0.25) is 9.89 Å². The van der Waals surface area contributed by atoms with Crippen molar-refractivity contribution in [1.82, 2.24) is 10.2 Å². The fourth-order valence-electron chi connectivity index (χ4n) is 1.42. The van der Waals surface area contributed by atoms with Gasteiger partial charge in [0.15, 0.2) is 5.82 Å². The second kappa shape index (κ2) is 6.61. The van der Waals surface area contributed by atoms with Crippen molar-refractivity contribution in [3.63, 3.8) is 0 Å². The number of hydrogen-bond donors (Lipinski definition) is 3. The second-order valence-corrected chi connectivity index (χ2v) is 5.10. The Morgan fingerprint density at radius 2 is 2.18 bits per heavy atom. The topological polar surface area (TPSA) is 83.8 Å². The first-order valence-corrected chi connectivity index (χ1v) is 5.45. The molecule has 1 rings (SSSR count). The summed E-state index contributed by atoms with van der Waals surface area (Å²) in [4.78, 5) is 11.3. The number of nitrogens with zero attached hydrogens (tertiary/aromatic N) is 1. The summed E-state index contributed by atoms with van der Waals surface area (Å²) in [5.74, 6) is 0.467. The lowest BCUT2D eigenvalue weighted by Crippen LogP contribution is -2.16. The molecule has 0 spiro atoms. The molecule has 0 aliphatic rings. The van der Waals surface area contributed by atoms with Crippen molar-refractivity contribution in [2.24, 2.45) is 11.1 Å². The molecule has 0 fully saturated rings. The molecule has 0 unspecified atom stereocenters. The summed E-state index contributed by atoms with van der Waals surface area (Å²) in [6.07, 6.45) is 1.22. The van der Waals surface area contributed by atoms with E-state index in [0.717, 1.165) is 12.1 Å². The monoisotopic (exact) mass is 260 g/mol. The van der Waals surface area contributed by atoms with Crippen LogP contribution in [-0.2, 0) is 11.2 Å². The van der Waals surface area contributed by atoms with Gasteiger partial charge in [0.2, 0.25) is 5.91 Å². The van der Waals surface area contributed by atoms with Crippen LogP contribution in [0, 0.1) is 5.41 Å². The van der Waals surface area contributed by atoms with E-state index in [1.165, 1.54) is 0 Å². The Bertz CT molecular complexity index is 357. The summed E-state index contributed by atoms with van der Waals surface area (Å²) in [6.45, 7) is 6.81. The Morgan fingerprint density at radius 1 is 1.53 bits per heavy atom. The number of anilines is 1. The summed E-state index contributed by atoms with van der Waals surface area (Å²) in [5.41, 5.74) is 6.51. The maximum absolute atomic E-state index is 11.3. The van der Waals surface area contributed by atoms with Crippen LogP contribution < -0.4 is 11.1 Å². The molecule has 4 N–H and O–H groups in total. The fourth-order valence-corrected chi connectivity index (χ4v) is 1.42. The molecular weight excluding hydrogens is 240 g/mol. The Labute approximate surface area is 108 Å². The number of aromatic amines is 1. The van der Waals surface area contributed by atoms with Crippen molar-refractivity contribution in [2.75, 3.05) is 11.9 Å². The highest BCUT2D eigenvalue weighted by atomic mass is 35.5. The van der Waals surface area contributed by atoms with Crippen molar-refractivity contribution < 1.29 is 4.79 Å². The minimum atomic E-state index is -0.101. The Hall–Kier alpha value is -1.07. The lowest BCUT2D eigenvalue weighted by atomic mass is 9.91. The van der Waals surface area contributed by atoms with E-state index in [0.29, 0.717) is 18.8 Å². The maximum Gasteiger partial charge on any atom is 0.226 e. The van der Waals surface area contributed by atoms with Crippen molar-refractivity contribution in [2.45, 2.75) is 33.6 Å². The van der Waals surface area contributed by atoms with Gasteiger partial charge < -0.3 is 11.1 Å². The van der Waals surface area contributed by atoms with Gasteiger partial charge in [0.05, 0.1) is 0 Å². The van der Waals surface area contributed by atoms with Crippen molar-refractivity contribution in [1.29, 1.82) is 0 Å². The molecule has 0 bridgehead atoms. The molecule has 0 saturated carbocycles. The molecule has 1 amide bonds. The number of carbonyl (C=O) groups is 1. The SMILES string of the molecule is CC(C)(C)Cc1cc(NC(=O)CCN)n[nH]1.Cl. The molecule has 0 saturated heterocycles. The van der Waals surface area contributed by atoms with Crippen LogP contribution in [0.5, 0.6) is 0 Å². The van der Waals surface area contributed by atoms with Crippen LogP contribution >= 0.6 is 12.4 Å². The number of nitrogens with two attached hydrogens (primary N) is 1. The lowest BCUT2D eigenvalue weighted by molar-refractivity contribution is -0.116. The van der Waals surface area contributed by atoms with Gasteiger partial charge in [-0.25, -0.2) is 0 Å². The minimum Gasteiger partial charge on any atom is -0.330 e. The quantitative estimate of drug-likeness (QED) is 0.771. The average molecular weight is 261 g/mol. The molecule has 0 aliphatic carbocycles. The standard InChI is InChI=1S/C11H20N4O.ClH/c1-11(2,3)7-8-6-9(15-14-8)13-10(16)4-5-12;/h6H,4-5,7,12H2,1-3H3,(H2,13,14,15,16);1H. The number of amides is 1. The Kier molecular flexibility index (Phi) is 6.20. The molecule has 1 heterocycles. The summed E-state index contributed by atoms with van der Waals surface area (Å²) in [7, 11) is 0. The third-order valence-corrected chi connectivity index (χ3v) is 1.99. The fraction of sp³-hybridized carbons (Fsp3) is 0.636. The van der Waals surface area contributed by atoms with Crippen LogP contribution in [0.4, 0.5) is 5.82 Å². The van der Waals surface area contributed by atoms with Gasteiger partial charge in [0.1, 0.15) is 0 Å². The van der Waals surface area contributed by atoms with Crippen LogP contribution in [0.15, 0.2) is 6.07 Å². The molecule has 17 heavy (non-hydrogen) atoms. The normalized spacial score (nSPS) is 10.8. The zero-order chi connectivity index (χ0) is 12.2. The van der Waals surface area contributed by atoms with E-state index in [2.05, 4.69) is 36.3 Å². The largest absolute Gasteiger partial charge is 0.330 e. The van der Waals surface area contributed by atoms with Gasteiger partial charge in [-0.2, -0.15) is 5.10 Å². The number of aromatic nitrogens is 2. The number of nitrogens with one attached hydrogen (secondary N) is 2. The molecule has 0 aromatic carbocycles. The molecule has 6 heteroatoms. The summed E-state index contributed by atoms with van der Waals surface area (Å²) < 4.78 is 0. The van der Waals surface area contributed by atoms with Crippen molar-refractivity contribution in [3.05, 3.63) is 11.8 Å². The summed E-state index contributed by atoms with van der Waals surface area (Å²) >= 11 is 0. The van der Waals surface area contributed by atoms with Crippen LogP contribution in [0.25, 0.3) is 0 Å². The molecule has 98 valence electrons. The average Bonchev–Trinajstić information content (AvgIpc) is 2.49. The van der Waals surface area contributed by atoms with Crippen LogP contribution in [0.3, 0.4) is 0 Å². The van der Waals surface area contributed by atoms with E-state index in [-0.39, 0.29) is 23.7 Å². The smallest absolute Gasteiger partial charge is 0.226 e. The molecule has 0 radical (unpaired) electrons. The zero-order valence-electron chi connectivity index (χ0n) is 10.5. The Balaban J connectivity index is 0.00000256. The highest BCUT2D eigenvalue weighted by molar-refractivity contribution is 5.89. The molecule has 5 nitrogen and oxygen atoms in total. The third-order valence-electron chi connectivity index (χ3n) is 1.99. The molecular formula is C11H21ClN4O. The first-order valence-electron chi connectivity index (χ1n) is 5.45. The summed E-state index contributed by atoms with van der Waals surface area (Å²) in [6, 6.07) is 1.86. The lowest BCUT2D eigenvalue weighted by Gasteiger charge is -2.15. The third kappa shape index (κ3) is 6.28. The van der Waals surface area contributed by atoms with Gasteiger partial charge in [-0.1, -0.05) is 20.8 Å². The summed E-state index contributed by atoms with van der Waals surface area (Å²) in [5, 5.41) is 9.63. The van der Waals surface area contributed by atoms with E-state index in [9.17, 15) is 4.79 Å². The van der Waals surface area contributed by atoms with Gasteiger partial charge in [-0.15, -0.1) is 12.4 Å². The molecule has 1 aromatic rings. The maximum atomic E-state index is 11.3. The molecule has 0 aliphatic heterocycles. The number of rotatable bonds is 4. The minimum absolute atomic E-state index is 0. The first-order chi connectivity index (χ1) is 7.40. The van der Waals surface area contributed by atoms with E-state index < -0.39 is 0 Å². The van der Waals surface area contributed by atoms with Crippen LogP contribution in [0.2, 0.25) is 0 Å². The molecule has 1 aromatic heterocycles. The Morgan fingerprint density at radius 3 is 2.71 bits per heavy atom. The van der Waals surface area contributed by atoms with Crippen LogP contribution in [0.1, 0.15) is 32.9 Å². The van der Waals surface area contributed by atoms with Gasteiger partial charge in [-0.05, 0) is 11.8 Å². The second-order valence-electron chi connectivity index (χ2n) is 5.10. The van der Waals surface area contributed by atoms with Crippen molar-refractivity contribution >= 4 is 24.1 Å². The zero-order valence-corrected chi connectivity index (χ0v) is 11.4. The van der Waals surface area contributed by atoms with E-state index in [1.807, 2.05) is 6.07 Å². The van der Waals surface area contributed by atoms with Crippen LogP contribution in [-0.4, -0.2) is 22.6 Å². The van der Waals surface area contributed by atoms with E-state index in [1.54, 1.807) is 0 Å². The molecule has 0 atom stereocenters. The first kappa shape index (κ1) is 15.9. The van der Waals surface area contributed by atoms with E-state index >= 15 is 0 Å². The number of hydrogen-bond acceptors (Lipinski definition) is 3. The number of H-pyrrole nitrogens is 1. The number of carbonyl (C=O) groups excluding carboxylic acids is 1. The number of halogens is 1. The highest BCUT2D eigenvalue weighted by Crippen LogP contribution is 2.20. The predicted molar refractivity (Wildman–Crippen MR) is 71.3 cm³/mol. The van der Waals surface area contributed by atoms with E-state index in [4.69, 9.17) is 5.73 Å². The van der Waals surface area contributed by atoms with Gasteiger partial charge in [0.25, 0.3) is 0 Å². The van der Waals surface area contributed by atoms with Gasteiger partial charge in [0, 0.05) is 24.7 Å².